The third-order valence-electron chi connectivity index (χ3n) is 4.11. The summed E-state index contributed by atoms with van der Waals surface area (Å²) in [6.07, 6.45) is 7.33. The van der Waals surface area contributed by atoms with Crippen LogP contribution in [0.5, 0.6) is 0 Å². The highest BCUT2D eigenvalue weighted by Crippen LogP contribution is 2.26. The lowest BCUT2D eigenvalue weighted by Crippen LogP contribution is -2.33. The van der Waals surface area contributed by atoms with E-state index >= 15 is 0 Å². The summed E-state index contributed by atoms with van der Waals surface area (Å²) in [7, 11) is 0. The van der Waals surface area contributed by atoms with E-state index in [4.69, 9.17) is 10.9 Å². The number of anilines is 1. The lowest BCUT2D eigenvalue weighted by molar-refractivity contribution is -0.115. The first kappa shape index (κ1) is 16.2. The first-order valence-electron chi connectivity index (χ1n) is 8.08. The number of rotatable bonds is 5. The number of para-hydroxylation sites is 1. The van der Waals surface area contributed by atoms with Crippen LogP contribution in [0.15, 0.2) is 34.9 Å². The average molecular weight is 324 g/mol. The molecule has 0 bridgehead atoms. The quantitative estimate of drug-likeness (QED) is 0.853. The molecule has 2 heterocycles. The topological polar surface area (TPSA) is 71.3 Å². The van der Waals surface area contributed by atoms with E-state index in [9.17, 15) is 4.79 Å². The molecule has 6 nitrogen and oxygen atoms in total. The van der Waals surface area contributed by atoms with Gasteiger partial charge in [0, 0.05) is 11.6 Å². The largest absolute Gasteiger partial charge is 0.339 e. The van der Waals surface area contributed by atoms with Crippen molar-refractivity contribution in [3.8, 4) is 12.3 Å². The highest BCUT2D eigenvalue weighted by atomic mass is 16.5. The van der Waals surface area contributed by atoms with Crippen molar-refractivity contribution in [3.63, 3.8) is 0 Å². The first-order chi connectivity index (χ1) is 11.7. The fraction of sp³-hybridized carbons (Fsp3) is 0.389. The van der Waals surface area contributed by atoms with E-state index in [0.29, 0.717) is 18.3 Å². The normalized spacial score (nSPS) is 15.8. The number of nitrogens with one attached hydrogen (secondary N) is 1. The minimum Gasteiger partial charge on any atom is -0.339 e. The van der Waals surface area contributed by atoms with Gasteiger partial charge in [0.2, 0.25) is 11.8 Å². The molecule has 0 atom stereocenters. The molecule has 2 aromatic rings. The van der Waals surface area contributed by atoms with Crippen molar-refractivity contribution >= 4 is 11.6 Å². The molecule has 1 aliphatic heterocycles. The van der Waals surface area contributed by atoms with Gasteiger partial charge < -0.3 is 9.84 Å². The minimum atomic E-state index is -0.155. The SMILES string of the molecule is C#CCN1CCC(c2nc(CC(=O)Nc3ccccc3)no2)CC1. The summed E-state index contributed by atoms with van der Waals surface area (Å²) in [5.41, 5.74) is 0.757. The van der Waals surface area contributed by atoms with Crippen molar-refractivity contribution in [2.45, 2.75) is 25.2 Å². The Morgan fingerprint density at radius 1 is 1.33 bits per heavy atom. The van der Waals surface area contributed by atoms with Gasteiger partial charge in [0.1, 0.15) is 0 Å². The van der Waals surface area contributed by atoms with Gasteiger partial charge in [-0.15, -0.1) is 6.42 Å². The van der Waals surface area contributed by atoms with Crippen LogP contribution in [0.4, 0.5) is 5.69 Å². The maximum atomic E-state index is 12.0. The molecule has 0 unspecified atom stereocenters. The summed E-state index contributed by atoms with van der Waals surface area (Å²) in [6, 6.07) is 9.31. The van der Waals surface area contributed by atoms with Crippen molar-refractivity contribution in [1.82, 2.24) is 15.0 Å². The van der Waals surface area contributed by atoms with E-state index in [1.54, 1.807) is 0 Å². The summed E-state index contributed by atoms with van der Waals surface area (Å²) in [5, 5.41) is 6.75. The molecule has 124 valence electrons. The Morgan fingerprint density at radius 3 is 2.79 bits per heavy atom. The molecule has 1 aromatic heterocycles. The number of piperidine rings is 1. The summed E-state index contributed by atoms with van der Waals surface area (Å²) >= 11 is 0. The van der Waals surface area contributed by atoms with Crippen LogP contribution < -0.4 is 5.32 Å². The second kappa shape index (κ2) is 7.75. The molecule has 1 aromatic carbocycles. The summed E-state index contributed by atoms with van der Waals surface area (Å²) in [4.78, 5) is 18.7. The highest BCUT2D eigenvalue weighted by Gasteiger charge is 2.25. The molecule has 0 spiro atoms. The van der Waals surface area contributed by atoms with Crippen LogP contribution in [0.25, 0.3) is 0 Å². The summed E-state index contributed by atoms with van der Waals surface area (Å²) in [6.45, 7) is 2.55. The standard InChI is InChI=1S/C18H20N4O2/c1-2-10-22-11-8-14(9-12-22)18-20-16(21-24-18)13-17(23)19-15-6-4-3-5-7-15/h1,3-7,14H,8-13H2,(H,19,23). The maximum Gasteiger partial charge on any atom is 0.232 e. The van der Waals surface area contributed by atoms with Gasteiger partial charge in [-0.05, 0) is 38.1 Å². The zero-order valence-electron chi connectivity index (χ0n) is 13.4. The fourth-order valence-electron chi connectivity index (χ4n) is 2.84. The Kier molecular flexibility index (Phi) is 5.24. The van der Waals surface area contributed by atoms with Crippen LogP contribution in [-0.4, -0.2) is 40.6 Å². The Balaban J connectivity index is 1.52. The minimum absolute atomic E-state index is 0.105. The number of amides is 1. The van der Waals surface area contributed by atoms with E-state index in [2.05, 4.69) is 26.3 Å². The monoisotopic (exact) mass is 324 g/mol. The number of hydrogen-bond donors (Lipinski definition) is 1. The van der Waals surface area contributed by atoms with Gasteiger partial charge in [-0.3, -0.25) is 9.69 Å². The Hall–Kier alpha value is -2.65. The van der Waals surface area contributed by atoms with Crippen LogP contribution in [0.2, 0.25) is 0 Å². The molecule has 1 fully saturated rings. The van der Waals surface area contributed by atoms with E-state index in [-0.39, 0.29) is 18.2 Å². The van der Waals surface area contributed by atoms with Gasteiger partial charge in [-0.1, -0.05) is 29.3 Å². The molecular weight excluding hydrogens is 304 g/mol. The molecule has 0 saturated carbocycles. The molecule has 1 N–H and O–H groups in total. The lowest BCUT2D eigenvalue weighted by atomic mass is 9.97. The molecule has 3 rings (SSSR count). The molecule has 1 saturated heterocycles. The van der Waals surface area contributed by atoms with Crippen LogP contribution in [0.1, 0.15) is 30.5 Å². The van der Waals surface area contributed by atoms with Crippen LogP contribution in [-0.2, 0) is 11.2 Å². The van der Waals surface area contributed by atoms with Crippen molar-refractivity contribution < 1.29 is 9.32 Å². The lowest BCUT2D eigenvalue weighted by Gasteiger charge is -2.28. The smallest absolute Gasteiger partial charge is 0.232 e. The molecular formula is C18H20N4O2. The van der Waals surface area contributed by atoms with Gasteiger partial charge in [0.05, 0.1) is 13.0 Å². The number of carbonyl (C=O) groups excluding carboxylic acids is 1. The maximum absolute atomic E-state index is 12.0. The van der Waals surface area contributed by atoms with Crippen molar-refractivity contribution in [1.29, 1.82) is 0 Å². The van der Waals surface area contributed by atoms with E-state index in [1.165, 1.54) is 0 Å². The van der Waals surface area contributed by atoms with Gasteiger partial charge in [0.25, 0.3) is 0 Å². The van der Waals surface area contributed by atoms with E-state index in [0.717, 1.165) is 31.6 Å². The van der Waals surface area contributed by atoms with Crippen molar-refractivity contribution in [3.05, 3.63) is 42.0 Å². The zero-order valence-corrected chi connectivity index (χ0v) is 13.4. The first-order valence-corrected chi connectivity index (χ1v) is 8.08. The molecule has 1 aliphatic rings. The summed E-state index contributed by atoms with van der Waals surface area (Å²) in [5.74, 6) is 3.80. The van der Waals surface area contributed by atoms with E-state index in [1.807, 2.05) is 30.3 Å². The number of likely N-dealkylation sites (tertiary alicyclic amines) is 1. The third-order valence-corrected chi connectivity index (χ3v) is 4.11. The fourth-order valence-corrected chi connectivity index (χ4v) is 2.84. The predicted molar refractivity (Wildman–Crippen MR) is 90.3 cm³/mol. The number of terminal acetylenes is 1. The third kappa shape index (κ3) is 4.21. The van der Waals surface area contributed by atoms with Gasteiger partial charge in [-0.25, -0.2) is 0 Å². The van der Waals surface area contributed by atoms with Gasteiger partial charge in [0.15, 0.2) is 5.82 Å². The number of benzene rings is 1. The molecule has 0 radical (unpaired) electrons. The van der Waals surface area contributed by atoms with Crippen LogP contribution in [0.3, 0.4) is 0 Å². The van der Waals surface area contributed by atoms with Crippen LogP contribution in [0, 0.1) is 12.3 Å². The summed E-state index contributed by atoms with van der Waals surface area (Å²) < 4.78 is 5.35. The van der Waals surface area contributed by atoms with Crippen molar-refractivity contribution in [2.75, 3.05) is 25.0 Å². The molecule has 6 heteroatoms. The average Bonchev–Trinajstić information content (AvgIpc) is 3.05. The van der Waals surface area contributed by atoms with Gasteiger partial charge in [-0.2, -0.15) is 4.98 Å². The Morgan fingerprint density at radius 2 is 2.08 bits per heavy atom. The number of nitrogens with zero attached hydrogens (tertiary/aromatic N) is 3. The predicted octanol–water partition coefficient (Wildman–Crippen LogP) is 2.06. The second-order valence-electron chi connectivity index (χ2n) is 5.89. The number of carbonyl (C=O) groups is 1. The molecule has 24 heavy (non-hydrogen) atoms. The van der Waals surface area contributed by atoms with Gasteiger partial charge >= 0.3 is 0 Å². The van der Waals surface area contributed by atoms with Crippen molar-refractivity contribution in [2.24, 2.45) is 0 Å². The molecule has 0 aliphatic carbocycles. The van der Waals surface area contributed by atoms with E-state index < -0.39 is 0 Å². The Labute approximate surface area is 141 Å². The second-order valence-corrected chi connectivity index (χ2v) is 5.89. The highest BCUT2D eigenvalue weighted by molar-refractivity contribution is 5.91. The van der Waals surface area contributed by atoms with Crippen LogP contribution >= 0.6 is 0 Å². The number of hydrogen-bond acceptors (Lipinski definition) is 5. The molecule has 1 amide bonds. The zero-order chi connectivity index (χ0) is 16.8. The Bertz CT molecular complexity index is 712. The number of aromatic nitrogens is 2.